The first-order valence-electron chi connectivity index (χ1n) is 3.96. The quantitative estimate of drug-likeness (QED) is 0.848. The molecule has 0 aromatic carbocycles. The summed E-state index contributed by atoms with van der Waals surface area (Å²) in [5.41, 5.74) is 1.82. The van der Waals surface area contributed by atoms with Crippen molar-refractivity contribution >= 4 is 27.4 Å². The summed E-state index contributed by atoms with van der Waals surface area (Å²) in [5.74, 6) is -0.962. The van der Waals surface area contributed by atoms with Gasteiger partial charge in [0.25, 0.3) is 0 Å². The van der Waals surface area contributed by atoms with Gasteiger partial charge in [-0.2, -0.15) is 5.10 Å². The smallest absolute Gasteiger partial charge is 0.339 e. The molecule has 2 aromatic rings. The maximum Gasteiger partial charge on any atom is 0.339 e. The first kappa shape index (κ1) is 9.21. The Labute approximate surface area is 88.3 Å². The minimum Gasteiger partial charge on any atom is -0.478 e. The third-order valence-corrected chi connectivity index (χ3v) is 2.87. The summed E-state index contributed by atoms with van der Waals surface area (Å²) < 4.78 is 2.44. The van der Waals surface area contributed by atoms with E-state index in [0.717, 1.165) is 10.0 Å². The van der Waals surface area contributed by atoms with E-state index < -0.39 is 5.97 Å². The van der Waals surface area contributed by atoms with Crippen LogP contribution in [-0.4, -0.2) is 20.7 Å². The summed E-state index contributed by atoms with van der Waals surface area (Å²) in [4.78, 5) is 10.8. The molecule has 72 valence electrons. The van der Waals surface area contributed by atoms with Crippen molar-refractivity contribution in [2.24, 2.45) is 0 Å². The minimum atomic E-state index is -0.962. The van der Waals surface area contributed by atoms with Gasteiger partial charge in [-0.05, 0) is 18.6 Å². The molecule has 0 aliphatic carbocycles. The SMILES string of the molecule is Cc1cn2ncc(C(=O)O)c2cc1Br. The van der Waals surface area contributed by atoms with E-state index in [-0.39, 0.29) is 5.56 Å². The van der Waals surface area contributed by atoms with Crippen LogP contribution in [0, 0.1) is 6.92 Å². The zero-order valence-electron chi connectivity index (χ0n) is 7.36. The number of aromatic nitrogens is 2. The van der Waals surface area contributed by atoms with E-state index in [0.29, 0.717) is 5.52 Å². The summed E-state index contributed by atoms with van der Waals surface area (Å²) in [7, 11) is 0. The van der Waals surface area contributed by atoms with Gasteiger partial charge in [0.1, 0.15) is 5.56 Å². The number of aromatic carboxylic acids is 1. The molecular formula is C9H7BrN2O2. The molecule has 0 saturated carbocycles. The van der Waals surface area contributed by atoms with Crippen LogP contribution in [0.2, 0.25) is 0 Å². The van der Waals surface area contributed by atoms with Crippen LogP contribution in [0.25, 0.3) is 5.52 Å². The lowest BCUT2D eigenvalue weighted by atomic mass is 10.2. The van der Waals surface area contributed by atoms with Crippen molar-refractivity contribution in [3.63, 3.8) is 0 Å². The molecule has 2 rings (SSSR count). The highest BCUT2D eigenvalue weighted by Gasteiger charge is 2.11. The first-order chi connectivity index (χ1) is 6.59. The summed E-state index contributed by atoms with van der Waals surface area (Å²) in [6, 6.07) is 1.76. The van der Waals surface area contributed by atoms with Crippen molar-refractivity contribution in [2.45, 2.75) is 6.92 Å². The molecule has 0 unspecified atom stereocenters. The third kappa shape index (κ3) is 1.29. The predicted octanol–water partition coefficient (Wildman–Crippen LogP) is 2.10. The lowest BCUT2D eigenvalue weighted by Gasteiger charge is -1.99. The molecule has 4 nitrogen and oxygen atoms in total. The molecule has 0 radical (unpaired) electrons. The number of pyridine rings is 1. The van der Waals surface area contributed by atoms with E-state index in [1.165, 1.54) is 6.20 Å². The second kappa shape index (κ2) is 3.09. The monoisotopic (exact) mass is 254 g/mol. The summed E-state index contributed by atoms with van der Waals surface area (Å²) >= 11 is 3.35. The Morgan fingerprint density at radius 2 is 2.36 bits per heavy atom. The molecular weight excluding hydrogens is 248 g/mol. The van der Waals surface area contributed by atoms with Crippen LogP contribution in [0.1, 0.15) is 15.9 Å². The maximum absolute atomic E-state index is 10.8. The maximum atomic E-state index is 10.8. The van der Waals surface area contributed by atoms with Crippen molar-refractivity contribution in [1.29, 1.82) is 0 Å². The third-order valence-electron chi connectivity index (χ3n) is 2.02. The molecule has 0 atom stereocenters. The topological polar surface area (TPSA) is 54.6 Å². The highest BCUT2D eigenvalue weighted by atomic mass is 79.9. The van der Waals surface area contributed by atoms with Gasteiger partial charge in [0.05, 0.1) is 11.7 Å². The molecule has 5 heteroatoms. The molecule has 0 bridgehead atoms. The van der Waals surface area contributed by atoms with Crippen molar-refractivity contribution in [3.8, 4) is 0 Å². The minimum absolute atomic E-state index is 0.214. The predicted molar refractivity (Wildman–Crippen MR) is 54.6 cm³/mol. The highest BCUT2D eigenvalue weighted by Crippen LogP contribution is 2.20. The molecule has 14 heavy (non-hydrogen) atoms. The van der Waals surface area contributed by atoms with Crippen LogP contribution in [0.4, 0.5) is 0 Å². The molecule has 0 aliphatic rings. The number of hydrogen-bond acceptors (Lipinski definition) is 2. The highest BCUT2D eigenvalue weighted by molar-refractivity contribution is 9.10. The van der Waals surface area contributed by atoms with Gasteiger partial charge in [0, 0.05) is 10.7 Å². The number of rotatable bonds is 1. The molecule has 0 fully saturated rings. The van der Waals surface area contributed by atoms with Crippen LogP contribution in [0.5, 0.6) is 0 Å². The molecule has 2 aromatic heterocycles. The van der Waals surface area contributed by atoms with Crippen molar-refractivity contribution in [3.05, 3.63) is 34.1 Å². The van der Waals surface area contributed by atoms with Gasteiger partial charge in [-0.15, -0.1) is 0 Å². The molecule has 0 aliphatic heterocycles. The van der Waals surface area contributed by atoms with Crippen molar-refractivity contribution in [1.82, 2.24) is 9.61 Å². The van der Waals surface area contributed by atoms with E-state index in [1.807, 2.05) is 6.92 Å². The lowest BCUT2D eigenvalue weighted by molar-refractivity contribution is 0.0699. The Bertz CT molecular complexity index is 519. The van der Waals surface area contributed by atoms with E-state index in [1.54, 1.807) is 16.8 Å². The fourth-order valence-corrected chi connectivity index (χ4v) is 1.58. The van der Waals surface area contributed by atoms with Crippen LogP contribution >= 0.6 is 15.9 Å². The standard InChI is InChI=1S/C9H7BrN2O2/c1-5-4-12-8(2-7(5)10)6(3-11-12)9(13)14/h2-4H,1H3,(H,13,14). The Morgan fingerprint density at radius 3 is 3.00 bits per heavy atom. The zero-order valence-corrected chi connectivity index (χ0v) is 8.95. The molecule has 0 amide bonds. The van der Waals surface area contributed by atoms with Gasteiger partial charge in [-0.25, -0.2) is 9.31 Å². The van der Waals surface area contributed by atoms with Crippen molar-refractivity contribution < 1.29 is 9.90 Å². The average molecular weight is 255 g/mol. The number of nitrogens with zero attached hydrogens (tertiary/aromatic N) is 2. The number of halogens is 1. The number of fused-ring (bicyclic) bond motifs is 1. The fraction of sp³-hybridized carbons (Fsp3) is 0.111. The summed E-state index contributed by atoms with van der Waals surface area (Å²) in [6.07, 6.45) is 3.13. The summed E-state index contributed by atoms with van der Waals surface area (Å²) in [5, 5.41) is 12.8. The number of hydrogen-bond donors (Lipinski definition) is 1. The number of carboxylic acids is 1. The second-order valence-corrected chi connectivity index (χ2v) is 3.85. The Kier molecular flexibility index (Phi) is 2.03. The Morgan fingerprint density at radius 1 is 1.64 bits per heavy atom. The van der Waals surface area contributed by atoms with Crippen molar-refractivity contribution in [2.75, 3.05) is 0 Å². The number of carbonyl (C=O) groups is 1. The van der Waals surface area contributed by atoms with Gasteiger partial charge in [0.2, 0.25) is 0 Å². The summed E-state index contributed by atoms with van der Waals surface area (Å²) in [6.45, 7) is 1.92. The van der Waals surface area contributed by atoms with Crippen LogP contribution < -0.4 is 0 Å². The Hall–Kier alpha value is -1.36. The molecule has 2 heterocycles. The van der Waals surface area contributed by atoms with Gasteiger partial charge in [-0.1, -0.05) is 15.9 Å². The van der Waals surface area contributed by atoms with Gasteiger partial charge in [-0.3, -0.25) is 0 Å². The van der Waals surface area contributed by atoms with E-state index in [4.69, 9.17) is 5.11 Å². The Balaban J connectivity index is 2.80. The van der Waals surface area contributed by atoms with Gasteiger partial charge in [0.15, 0.2) is 0 Å². The van der Waals surface area contributed by atoms with Gasteiger partial charge < -0.3 is 5.11 Å². The van der Waals surface area contributed by atoms with E-state index in [2.05, 4.69) is 21.0 Å². The zero-order chi connectivity index (χ0) is 10.3. The second-order valence-electron chi connectivity index (χ2n) is 3.00. The molecule has 1 N–H and O–H groups in total. The largest absolute Gasteiger partial charge is 0.478 e. The number of carboxylic acid groups (broad SMARTS) is 1. The lowest BCUT2D eigenvalue weighted by Crippen LogP contribution is -1.96. The first-order valence-corrected chi connectivity index (χ1v) is 4.75. The fourth-order valence-electron chi connectivity index (χ4n) is 1.26. The van der Waals surface area contributed by atoms with Crippen LogP contribution in [-0.2, 0) is 0 Å². The van der Waals surface area contributed by atoms with E-state index >= 15 is 0 Å². The number of aryl methyl sites for hydroxylation is 1. The van der Waals surface area contributed by atoms with E-state index in [9.17, 15) is 4.79 Å². The van der Waals surface area contributed by atoms with Gasteiger partial charge >= 0.3 is 5.97 Å². The molecule has 0 saturated heterocycles. The van der Waals surface area contributed by atoms with Crippen LogP contribution in [0.3, 0.4) is 0 Å². The normalized spacial score (nSPS) is 10.7. The average Bonchev–Trinajstić information content (AvgIpc) is 2.48. The molecule has 0 spiro atoms. The van der Waals surface area contributed by atoms with Crippen LogP contribution in [0.15, 0.2) is 22.9 Å².